The summed E-state index contributed by atoms with van der Waals surface area (Å²) >= 11 is 4.48. The largest absolute Gasteiger partial charge is 0.478 e. The van der Waals surface area contributed by atoms with Crippen LogP contribution in [0, 0.1) is 5.92 Å². The second-order valence-electron chi connectivity index (χ2n) is 3.61. The molecule has 1 N–H and O–H groups in total. The summed E-state index contributed by atoms with van der Waals surface area (Å²) in [5.41, 5.74) is 1.12. The molecule has 0 bridgehead atoms. The number of rotatable bonds is 1. The second kappa shape index (κ2) is 4.10. The minimum atomic E-state index is -1.08. The van der Waals surface area contributed by atoms with E-state index in [1.54, 1.807) is 0 Å². The molecule has 1 aliphatic rings. The first-order chi connectivity index (χ1) is 7.49. The molecule has 6 heteroatoms. The molecule has 1 aliphatic carbocycles. The summed E-state index contributed by atoms with van der Waals surface area (Å²) in [6.07, 6.45) is 1.62. The molecule has 0 fully saturated rings. The molecule has 16 heavy (non-hydrogen) atoms. The maximum atomic E-state index is 12.0. The van der Waals surface area contributed by atoms with E-state index in [1.807, 2.05) is 6.92 Å². The predicted molar refractivity (Wildman–Crippen MR) is 62.7 cm³/mol. The predicted octanol–water partition coefficient (Wildman–Crippen LogP) is 2.29. The van der Waals surface area contributed by atoms with Crippen LogP contribution in [0.25, 0.3) is 0 Å². The van der Waals surface area contributed by atoms with Crippen molar-refractivity contribution < 1.29 is 14.7 Å². The molecule has 0 aromatic carbocycles. The van der Waals surface area contributed by atoms with Gasteiger partial charge in [0.1, 0.15) is 0 Å². The van der Waals surface area contributed by atoms with Gasteiger partial charge in [0, 0.05) is 11.6 Å². The number of allylic oxidation sites excluding steroid dienone is 1. The zero-order valence-corrected chi connectivity index (χ0v) is 10.8. The van der Waals surface area contributed by atoms with E-state index in [1.165, 1.54) is 11.3 Å². The number of fused-ring (bicyclic) bond motifs is 1. The molecule has 1 atom stereocenters. The Morgan fingerprint density at radius 2 is 2.38 bits per heavy atom. The molecule has 0 amide bonds. The fourth-order valence-electron chi connectivity index (χ4n) is 1.73. The zero-order valence-electron chi connectivity index (χ0n) is 8.36. The van der Waals surface area contributed by atoms with E-state index in [2.05, 4.69) is 20.9 Å². The molecule has 0 spiro atoms. The van der Waals surface area contributed by atoms with E-state index in [9.17, 15) is 9.59 Å². The highest BCUT2D eigenvalue weighted by Gasteiger charge is 2.31. The van der Waals surface area contributed by atoms with Gasteiger partial charge in [-0.1, -0.05) is 6.92 Å². The van der Waals surface area contributed by atoms with Crippen LogP contribution in [0.2, 0.25) is 0 Å². The van der Waals surface area contributed by atoms with E-state index in [0.29, 0.717) is 20.8 Å². The van der Waals surface area contributed by atoms with Crippen molar-refractivity contribution in [3.05, 3.63) is 26.1 Å². The van der Waals surface area contributed by atoms with Crippen LogP contribution in [0.4, 0.5) is 0 Å². The first-order valence-corrected chi connectivity index (χ1v) is 6.24. The normalized spacial score (nSPS) is 22.2. The quantitative estimate of drug-likeness (QED) is 0.808. The van der Waals surface area contributed by atoms with Gasteiger partial charge < -0.3 is 5.11 Å². The Bertz CT molecular complexity index is 506. The van der Waals surface area contributed by atoms with Crippen LogP contribution in [0.1, 0.15) is 22.3 Å². The van der Waals surface area contributed by atoms with Crippen molar-refractivity contribution in [2.45, 2.75) is 13.3 Å². The summed E-state index contributed by atoms with van der Waals surface area (Å²) < 4.78 is 0.662. The molecule has 0 aliphatic heterocycles. The number of carboxylic acid groups (broad SMARTS) is 1. The summed E-state index contributed by atoms with van der Waals surface area (Å²) in [5, 5.41) is 8.70. The van der Waals surface area contributed by atoms with Crippen molar-refractivity contribution in [1.29, 1.82) is 0 Å². The van der Waals surface area contributed by atoms with Gasteiger partial charge in [0.15, 0.2) is 3.92 Å². The van der Waals surface area contributed by atoms with Crippen LogP contribution in [0.15, 0.2) is 15.6 Å². The van der Waals surface area contributed by atoms with Gasteiger partial charge in [-0.05, 0) is 28.3 Å². The third kappa shape index (κ3) is 1.94. The van der Waals surface area contributed by atoms with Crippen LogP contribution < -0.4 is 0 Å². The van der Waals surface area contributed by atoms with Gasteiger partial charge in [-0.3, -0.25) is 4.79 Å². The standard InChI is InChI=1S/C10H8BrNO3S/c1-4-2-6-9(16-10(11)12-6)8(15)5(4)3-7(13)14/h3-4H,2H2,1H3,(H,13,14). The molecular formula is C10H8BrNO3S. The van der Waals surface area contributed by atoms with Crippen molar-refractivity contribution >= 4 is 39.0 Å². The minimum absolute atomic E-state index is 0.0925. The fourth-order valence-corrected chi connectivity index (χ4v) is 3.22. The lowest BCUT2D eigenvalue weighted by atomic mass is 9.86. The number of carbonyl (C=O) groups excluding carboxylic acids is 1. The van der Waals surface area contributed by atoms with Crippen molar-refractivity contribution in [3.8, 4) is 0 Å². The smallest absolute Gasteiger partial charge is 0.328 e. The maximum Gasteiger partial charge on any atom is 0.328 e. The monoisotopic (exact) mass is 301 g/mol. The SMILES string of the molecule is CC1Cc2nc(Br)sc2C(=O)C1=CC(=O)O. The lowest BCUT2D eigenvalue weighted by Gasteiger charge is -2.18. The van der Waals surface area contributed by atoms with E-state index < -0.39 is 5.97 Å². The third-order valence-corrected chi connectivity index (χ3v) is 4.00. The third-order valence-electron chi connectivity index (χ3n) is 2.45. The molecule has 2 rings (SSSR count). The number of Topliss-reactive ketones (excluding diaryl/α,β-unsaturated/α-hetero) is 1. The van der Waals surface area contributed by atoms with E-state index in [0.717, 1.165) is 11.8 Å². The fraction of sp³-hybridized carbons (Fsp3) is 0.300. The molecule has 4 nitrogen and oxygen atoms in total. The second-order valence-corrected chi connectivity index (χ2v) is 5.89. The van der Waals surface area contributed by atoms with Crippen LogP contribution in [-0.2, 0) is 11.2 Å². The summed E-state index contributed by atoms with van der Waals surface area (Å²) in [7, 11) is 0. The van der Waals surface area contributed by atoms with Gasteiger partial charge in [-0.25, -0.2) is 9.78 Å². The minimum Gasteiger partial charge on any atom is -0.478 e. The molecule has 1 unspecified atom stereocenters. The van der Waals surface area contributed by atoms with Crippen LogP contribution in [-0.4, -0.2) is 21.8 Å². The molecule has 1 aromatic heterocycles. The highest BCUT2D eigenvalue weighted by Crippen LogP contribution is 2.34. The Morgan fingerprint density at radius 3 is 3.00 bits per heavy atom. The van der Waals surface area contributed by atoms with Crippen molar-refractivity contribution in [3.63, 3.8) is 0 Å². The number of halogens is 1. The number of carbonyl (C=O) groups is 2. The summed E-state index contributed by atoms with van der Waals surface area (Å²) in [4.78, 5) is 27.4. The Kier molecular flexibility index (Phi) is 2.94. The Morgan fingerprint density at radius 1 is 1.69 bits per heavy atom. The number of thiazole rings is 1. The molecular weight excluding hydrogens is 294 g/mol. The van der Waals surface area contributed by atoms with Gasteiger partial charge in [-0.15, -0.1) is 11.3 Å². The van der Waals surface area contributed by atoms with E-state index in [4.69, 9.17) is 5.11 Å². The van der Waals surface area contributed by atoms with Crippen LogP contribution in [0.5, 0.6) is 0 Å². The van der Waals surface area contributed by atoms with Crippen LogP contribution in [0.3, 0.4) is 0 Å². The van der Waals surface area contributed by atoms with Crippen molar-refractivity contribution in [1.82, 2.24) is 4.98 Å². The van der Waals surface area contributed by atoms with Gasteiger partial charge >= 0.3 is 5.97 Å². The number of ketones is 1. The molecule has 0 saturated carbocycles. The average molecular weight is 302 g/mol. The summed E-state index contributed by atoms with van der Waals surface area (Å²) in [5.74, 6) is -1.38. The molecule has 0 radical (unpaired) electrons. The van der Waals surface area contributed by atoms with Gasteiger partial charge in [0.05, 0.1) is 10.6 Å². The lowest BCUT2D eigenvalue weighted by molar-refractivity contribution is -0.131. The molecule has 1 heterocycles. The van der Waals surface area contributed by atoms with Gasteiger partial charge in [-0.2, -0.15) is 0 Å². The molecule has 0 saturated heterocycles. The first kappa shape index (κ1) is 11.5. The Hall–Kier alpha value is -1.01. The number of nitrogens with zero attached hydrogens (tertiary/aromatic N) is 1. The highest BCUT2D eigenvalue weighted by molar-refractivity contribution is 9.11. The highest BCUT2D eigenvalue weighted by atomic mass is 79.9. The van der Waals surface area contributed by atoms with Crippen molar-refractivity contribution in [2.24, 2.45) is 5.92 Å². The van der Waals surface area contributed by atoms with Crippen LogP contribution >= 0.6 is 27.3 Å². The topological polar surface area (TPSA) is 67.3 Å². The number of hydrogen-bond donors (Lipinski definition) is 1. The van der Waals surface area contributed by atoms with E-state index >= 15 is 0 Å². The molecule has 1 aromatic rings. The number of hydrogen-bond acceptors (Lipinski definition) is 4. The molecule has 84 valence electrons. The van der Waals surface area contributed by atoms with Gasteiger partial charge in [0.25, 0.3) is 0 Å². The maximum absolute atomic E-state index is 12.0. The van der Waals surface area contributed by atoms with Crippen molar-refractivity contribution in [2.75, 3.05) is 0 Å². The Labute approximate surface area is 104 Å². The number of aliphatic carboxylic acids is 1. The summed E-state index contributed by atoms with van der Waals surface area (Å²) in [6.45, 7) is 1.84. The summed E-state index contributed by atoms with van der Waals surface area (Å²) in [6, 6.07) is 0. The lowest BCUT2D eigenvalue weighted by Crippen LogP contribution is -2.21. The number of carboxylic acids is 1. The van der Waals surface area contributed by atoms with E-state index in [-0.39, 0.29) is 11.7 Å². The average Bonchev–Trinajstić information content (AvgIpc) is 2.53. The van der Waals surface area contributed by atoms with Gasteiger partial charge in [0.2, 0.25) is 5.78 Å². The zero-order chi connectivity index (χ0) is 11.9. The first-order valence-electron chi connectivity index (χ1n) is 4.63. The Balaban J connectivity index is 2.49. The number of aromatic nitrogens is 1.